The molecule has 0 fully saturated rings. The molecule has 0 saturated heterocycles. The Morgan fingerprint density at radius 2 is 1.70 bits per heavy atom. The first-order valence-electron chi connectivity index (χ1n) is 2.98. The SMILES string of the molecule is COOC(=O)C(C)=C(C)C. The van der Waals surface area contributed by atoms with Gasteiger partial charge in [0, 0.05) is 5.57 Å². The van der Waals surface area contributed by atoms with Crippen molar-refractivity contribution in [2.24, 2.45) is 0 Å². The van der Waals surface area contributed by atoms with Crippen LogP contribution >= 0.6 is 0 Å². The Balaban J connectivity index is 4.09. The normalized spacial score (nSPS) is 8.80. The molecule has 0 heterocycles. The first-order valence-corrected chi connectivity index (χ1v) is 2.98. The van der Waals surface area contributed by atoms with Crippen LogP contribution in [0.2, 0.25) is 0 Å². The highest BCUT2D eigenvalue weighted by Gasteiger charge is 2.06. The molecule has 0 spiro atoms. The van der Waals surface area contributed by atoms with Crippen LogP contribution in [0.5, 0.6) is 0 Å². The summed E-state index contributed by atoms with van der Waals surface area (Å²) in [6.45, 7) is 5.37. The topological polar surface area (TPSA) is 35.5 Å². The second-order valence-corrected chi connectivity index (χ2v) is 2.16. The van der Waals surface area contributed by atoms with Crippen LogP contribution in [0.25, 0.3) is 0 Å². The fourth-order valence-corrected chi connectivity index (χ4v) is 0.342. The molecule has 58 valence electrons. The van der Waals surface area contributed by atoms with Gasteiger partial charge in [-0.2, -0.15) is 4.89 Å². The van der Waals surface area contributed by atoms with Crippen molar-refractivity contribution in [3.05, 3.63) is 11.1 Å². The lowest BCUT2D eigenvalue weighted by atomic mass is 10.2. The smallest absolute Gasteiger partial charge is 0.293 e. The summed E-state index contributed by atoms with van der Waals surface area (Å²) >= 11 is 0. The number of rotatable bonds is 2. The Bertz CT molecular complexity index is 154. The number of allylic oxidation sites excluding steroid dienone is 1. The van der Waals surface area contributed by atoms with Gasteiger partial charge in [0.2, 0.25) is 0 Å². The average Bonchev–Trinajstić information content (AvgIpc) is 1.87. The third-order valence-electron chi connectivity index (χ3n) is 1.22. The maximum absolute atomic E-state index is 10.8. The molecule has 0 bridgehead atoms. The minimum absolute atomic E-state index is 0.428. The molecular weight excluding hydrogens is 132 g/mol. The molecule has 0 N–H and O–H groups in total. The van der Waals surface area contributed by atoms with Gasteiger partial charge in [0.05, 0.1) is 7.11 Å². The van der Waals surface area contributed by atoms with Crippen LogP contribution in [0, 0.1) is 0 Å². The summed E-state index contributed by atoms with van der Waals surface area (Å²) in [6.07, 6.45) is 0. The van der Waals surface area contributed by atoms with E-state index in [9.17, 15) is 4.79 Å². The maximum Gasteiger partial charge on any atom is 0.368 e. The molecule has 10 heavy (non-hydrogen) atoms. The number of carbonyl (C=O) groups is 1. The van der Waals surface area contributed by atoms with Gasteiger partial charge in [-0.15, -0.1) is 0 Å². The van der Waals surface area contributed by atoms with Crippen molar-refractivity contribution in [3.8, 4) is 0 Å². The van der Waals surface area contributed by atoms with E-state index in [-0.39, 0.29) is 0 Å². The first-order chi connectivity index (χ1) is 4.59. The molecule has 0 atom stereocenters. The quantitative estimate of drug-likeness (QED) is 0.334. The largest absolute Gasteiger partial charge is 0.368 e. The maximum atomic E-state index is 10.8. The molecule has 0 saturated carbocycles. The van der Waals surface area contributed by atoms with Crippen LogP contribution in [-0.4, -0.2) is 13.1 Å². The molecule has 0 aliphatic rings. The van der Waals surface area contributed by atoms with E-state index in [0.29, 0.717) is 5.57 Å². The van der Waals surface area contributed by atoms with Gasteiger partial charge in [0.25, 0.3) is 0 Å². The van der Waals surface area contributed by atoms with E-state index in [2.05, 4.69) is 9.78 Å². The van der Waals surface area contributed by atoms with Gasteiger partial charge in [-0.3, -0.25) is 4.89 Å². The van der Waals surface area contributed by atoms with Gasteiger partial charge in [0.1, 0.15) is 0 Å². The summed E-state index contributed by atoms with van der Waals surface area (Å²) in [7, 11) is 1.30. The van der Waals surface area contributed by atoms with E-state index in [1.165, 1.54) is 7.11 Å². The molecule has 0 amide bonds. The van der Waals surface area contributed by atoms with Crippen LogP contribution < -0.4 is 0 Å². The van der Waals surface area contributed by atoms with Crippen molar-refractivity contribution in [1.29, 1.82) is 0 Å². The van der Waals surface area contributed by atoms with Gasteiger partial charge in [-0.1, -0.05) is 5.57 Å². The van der Waals surface area contributed by atoms with E-state index in [4.69, 9.17) is 0 Å². The van der Waals surface area contributed by atoms with Gasteiger partial charge in [-0.05, 0) is 20.8 Å². The fraction of sp³-hybridized carbons (Fsp3) is 0.571. The van der Waals surface area contributed by atoms with Gasteiger partial charge in [0.15, 0.2) is 0 Å². The summed E-state index contributed by atoms with van der Waals surface area (Å²) in [6, 6.07) is 0. The molecule has 0 aromatic carbocycles. The van der Waals surface area contributed by atoms with Crippen molar-refractivity contribution >= 4 is 5.97 Å². The molecule has 3 nitrogen and oxygen atoms in total. The van der Waals surface area contributed by atoms with Gasteiger partial charge in [-0.25, -0.2) is 4.79 Å². The molecule has 3 heteroatoms. The highest BCUT2D eigenvalue weighted by Crippen LogP contribution is 2.03. The fourth-order valence-electron chi connectivity index (χ4n) is 0.342. The predicted octanol–water partition coefficient (Wildman–Crippen LogP) is 1.45. The highest BCUT2D eigenvalue weighted by molar-refractivity contribution is 5.87. The Labute approximate surface area is 60.6 Å². The highest BCUT2D eigenvalue weighted by atomic mass is 17.2. The zero-order valence-corrected chi connectivity index (χ0v) is 6.72. The van der Waals surface area contributed by atoms with Crippen molar-refractivity contribution in [2.75, 3.05) is 7.11 Å². The summed E-state index contributed by atoms with van der Waals surface area (Å²) in [5.41, 5.74) is 1.52. The third kappa shape index (κ3) is 2.64. The van der Waals surface area contributed by atoms with Crippen LogP contribution in [0.1, 0.15) is 20.8 Å². The van der Waals surface area contributed by atoms with E-state index >= 15 is 0 Å². The molecule has 0 aliphatic heterocycles. The van der Waals surface area contributed by atoms with Crippen molar-refractivity contribution in [3.63, 3.8) is 0 Å². The van der Waals surface area contributed by atoms with E-state index < -0.39 is 5.97 Å². The van der Waals surface area contributed by atoms with Crippen LogP contribution in [0.15, 0.2) is 11.1 Å². The average molecular weight is 144 g/mol. The Hall–Kier alpha value is -0.830. The van der Waals surface area contributed by atoms with Crippen molar-refractivity contribution < 1.29 is 14.6 Å². The standard InChI is InChI=1S/C7H12O3/c1-5(2)6(3)7(8)10-9-4/h1-4H3. The Kier molecular flexibility index (Phi) is 3.72. The second-order valence-electron chi connectivity index (χ2n) is 2.16. The van der Waals surface area contributed by atoms with E-state index in [0.717, 1.165) is 5.57 Å². The predicted molar refractivity (Wildman–Crippen MR) is 37.1 cm³/mol. The summed E-state index contributed by atoms with van der Waals surface area (Å²) in [5.74, 6) is -0.428. The van der Waals surface area contributed by atoms with Crippen LogP contribution in [0.3, 0.4) is 0 Å². The lowest BCUT2D eigenvalue weighted by Crippen LogP contribution is -2.05. The monoisotopic (exact) mass is 144 g/mol. The first kappa shape index (κ1) is 9.17. The molecule has 0 radical (unpaired) electrons. The van der Waals surface area contributed by atoms with E-state index in [1.54, 1.807) is 6.92 Å². The third-order valence-corrected chi connectivity index (χ3v) is 1.22. The lowest BCUT2D eigenvalue weighted by Gasteiger charge is -2.00. The molecule has 0 aromatic rings. The summed E-state index contributed by atoms with van der Waals surface area (Å²) < 4.78 is 0. The number of hydrogen-bond donors (Lipinski definition) is 0. The van der Waals surface area contributed by atoms with Crippen LogP contribution in [-0.2, 0) is 14.6 Å². The Morgan fingerprint density at radius 3 is 2.00 bits per heavy atom. The van der Waals surface area contributed by atoms with Crippen molar-refractivity contribution in [2.45, 2.75) is 20.8 Å². The minimum Gasteiger partial charge on any atom is -0.293 e. The van der Waals surface area contributed by atoms with Crippen LogP contribution in [0.4, 0.5) is 0 Å². The summed E-state index contributed by atoms with van der Waals surface area (Å²) in [4.78, 5) is 19.2. The van der Waals surface area contributed by atoms with E-state index in [1.807, 2.05) is 13.8 Å². The number of carbonyl (C=O) groups excluding carboxylic acids is 1. The molecule has 0 aliphatic carbocycles. The van der Waals surface area contributed by atoms with Gasteiger partial charge < -0.3 is 0 Å². The minimum atomic E-state index is -0.428. The molecule has 0 aromatic heterocycles. The molecule has 0 rings (SSSR count). The zero-order valence-electron chi connectivity index (χ0n) is 6.72. The summed E-state index contributed by atoms with van der Waals surface area (Å²) in [5, 5.41) is 0. The Morgan fingerprint density at radius 1 is 1.20 bits per heavy atom. The number of hydrogen-bond acceptors (Lipinski definition) is 3. The second kappa shape index (κ2) is 4.06. The van der Waals surface area contributed by atoms with Gasteiger partial charge >= 0.3 is 5.97 Å². The van der Waals surface area contributed by atoms with Crippen molar-refractivity contribution in [1.82, 2.24) is 0 Å². The molecular formula is C7H12O3. The lowest BCUT2D eigenvalue weighted by molar-refractivity contribution is -0.250. The zero-order chi connectivity index (χ0) is 8.15. The molecule has 0 unspecified atom stereocenters.